The number of amides is 1. The molecule has 2 aromatic rings. The number of carbonyl (C=O) groups is 1. The van der Waals surface area contributed by atoms with Crippen LogP contribution in [-0.2, 0) is 0 Å². The zero-order valence-corrected chi connectivity index (χ0v) is 16.7. The van der Waals surface area contributed by atoms with E-state index in [-0.39, 0.29) is 5.91 Å². The highest BCUT2D eigenvalue weighted by molar-refractivity contribution is 7.98. The predicted molar refractivity (Wildman–Crippen MR) is 109 cm³/mol. The highest BCUT2D eigenvalue weighted by Crippen LogP contribution is 2.19. The smallest absolute Gasteiger partial charge is 0.253 e. The molecule has 1 aliphatic heterocycles. The molecule has 1 saturated heterocycles. The van der Waals surface area contributed by atoms with E-state index in [1.165, 1.54) is 4.90 Å². The first-order valence-corrected chi connectivity index (χ1v) is 10.3. The molecule has 1 amide bonds. The molecule has 0 N–H and O–H groups in total. The molecule has 0 aliphatic carbocycles. The minimum absolute atomic E-state index is 0.120. The molecule has 6 heteroatoms. The van der Waals surface area contributed by atoms with Gasteiger partial charge in [0.15, 0.2) is 0 Å². The van der Waals surface area contributed by atoms with E-state index in [1.54, 1.807) is 18.9 Å². The van der Waals surface area contributed by atoms with Gasteiger partial charge in [-0.05, 0) is 42.7 Å². The fourth-order valence-corrected chi connectivity index (χ4v) is 3.48. The Bertz CT molecular complexity index is 743. The van der Waals surface area contributed by atoms with E-state index >= 15 is 0 Å². The van der Waals surface area contributed by atoms with E-state index in [1.807, 2.05) is 59.7 Å². The van der Waals surface area contributed by atoms with Gasteiger partial charge in [-0.3, -0.25) is 9.69 Å². The first kappa shape index (κ1) is 19.6. The predicted octanol–water partition coefficient (Wildman–Crippen LogP) is 3.25. The third-order valence-corrected chi connectivity index (χ3v) is 5.46. The summed E-state index contributed by atoms with van der Waals surface area (Å²) in [5, 5.41) is 0. The number of methoxy groups -OCH3 is 1. The molecule has 1 heterocycles. The quantitative estimate of drug-likeness (QED) is 0.684. The zero-order chi connectivity index (χ0) is 19.1. The van der Waals surface area contributed by atoms with Crippen LogP contribution in [0.15, 0.2) is 53.4 Å². The number of benzene rings is 2. The molecular weight excluding hydrogens is 360 g/mol. The van der Waals surface area contributed by atoms with E-state index in [9.17, 15) is 4.79 Å². The van der Waals surface area contributed by atoms with Crippen LogP contribution in [0.25, 0.3) is 0 Å². The van der Waals surface area contributed by atoms with Crippen LogP contribution in [0.2, 0.25) is 0 Å². The maximum absolute atomic E-state index is 12.6. The highest BCUT2D eigenvalue weighted by Gasteiger charge is 2.21. The number of ether oxygens (including phenoxy) is 2. The molecule has 2 aromatic carbocycles. The fraction of sp³-hybridized carbons (Fsp3) is 0.381. The minimum Gasteiger partial charge on any atom is -0.497 e. The highest BCUT2D eigenvalue weighted by atomic mass is 32.2. The normalized spacial score (nSPS) is 14.8. The molecule has 0 atom stereocenters. The van der Waals surface area contributed by atoms with E-state index in [0.717, 1.165) is 49.8 Å². The van der Waals surface area contributed by atoms with E-state index in [2.05, 4.69) is 4.90 Å². The Balaban J connectivity index is 1.42. The maximum atomic E-state index is 12.6. The van der Waals surface area contributed by atoms with Gasteiger partial charge in [-0.25, -0.2) is 0 Å². The van der Waals surface area contributed by atoms with Gasteiger partial charge in [0.25, 0.3) is 5.91 Å². The number of nitrogens with zero attached hydrogens (tertiary/aromatic N) is 2. The summed E-state index contributed by atoms with van der Waals surface area (Å²) >= 11 is 1.68. The summed E-state index contributed by atoms with van der Waals surface area (Å²) in [4.78, 5) is 18.1. The number of piperazine rings is 1. The Labute approximate surface area is 165 Å². The van der Waals surface area contributed by atoms with Crippen molar-refractivity contribution in [2.45, 2.75) is 4.90 Å². The van der Waals surface area contributed by atoms with Gasteiger partial charge in [0.1, 0.15) is 18.1 Å². The summed E-state index contributed by atoms with van der Waals surface area (Å²) in [6.07, 6.45) is 2.04. The van der Waals surface area contributed by atoms with Crippen molar-refractivity contribution in [1.82, 2.24) is 9.80 Å². The van der Waals surface area contributed by atoms with Crippen molar-refractivity contribution in [3.8, 4) is 11.5 Å². The Hall–Kier alpha value is -2.18. The second-order valence-corrected chi connectivity index (χ2v) is 7.27. The van der Waals surface area contributed by atoms with E-state index < -0.39 is 0 Å². The van der Waals surface area contributed by atoms with Crippen molar-refractivity contribution in [1.29, 1.82) is 0 Å². The molecule has 0 bridgehead atoms. The average molecular weight is 387 g/mol. The number of carbonyl (C=O) groups excluding carboxylic acids is 1. The Morgan fingerprint density at radius 2 is 1.74 bits per heavy atom. The SMILES string of the molecule is COc1cccc(OCCN2CCN(C(=O)c3ccc(SC)cc3)CC2)c1. The van der Waals surface area contributed by atoms with Crippen molar-refractivity contribution >= 4 is 17.7 Å². The largest absolute Gasteiger partial charge is 0.497 e. The Morgan fingerprint density at radius 1 is 1.04 bits per heavy atom. The molecule has 3 rings (SSSR count). The number of hydrogen-bond donors (Lipinski definition) is 0. The minimum atomic E-state index is 0.120. The lowest BCUT2D eigenvalue weighted by Crippen LogP contribution is -2.49. The molecule has 0 spiro atoms. The lowest BCUT2D eigenvalue weighted by atomic mass is 10.2. The average Bonchev–Trinajstić information content (AvgIpc) is 2.74. The third kappa shape index (κ3) is 5.40. The van der Waals surface area contributed by atoms with Crippen molar-refractivity contribution in [2.24, 2.45) is 0 Å². The van der Waals surface area contributed by atoms with Crippen molar-refractivity contribution in [2.75, 3.05) is 52.7 Å². The summed E-state index contributed by atoms with van der Waals surface area (Å²) < 4.78 is 11.0. The Kier molecular flexibility index (Phi) is 7.01. The lowest BCUT2D eigenvalue weighted by Gasteiger charge is -2.34. The molecule has 0 saturated carbocycles. The zero-order valence-electron chi connectivity index (χ0n) is 15.9. The van der Waals surface area contributed by atoms with Crippen LogP contribution in [0.1, 0.15) is 10.4 Å². The summed E-state index contributed by atoms with van der Waals surface area (Å²) in [6.45, 7) is 4.72. The molecule has 5 nitrogen and oxygen atoms in total. The van der Waals surface area contributed by atoms with Gasteiger partial charge >= 0.3 is 0 Å². The molecular formula is C21H26N2O3S. The van der Waals surface area contributed by atoms with Crippen molar-refractivity contribution < 1.29 is 14.3 Å². The summed E-state index contributed by atoms with van der Waals surface area (Å²) in [7, 11) is 1.65. The van der Waals surface area contributed by atoms with Crippen LogP contribution >= 0.6 is 11.8 Å². The molecule has 0 aromatic heterocycles. The van der Waals surface area contributed by atoms with Gasteiger partial charge in [-0.15, -0.1) is 11.8 Å². The van der Waals surface area contributed by atoms with Gasteiger partial charge in [0, 0.05) is 49.2 Å². The van der Waals surface area contributed by atoms with Gasteiger partial charge < -0.3 is 14.4 Å². The maximum Gasteiger partial charge on any atom is 0.253 e. The molecule has 144 valence electrons. The number of hydrogen-bond acceptors (Lipinski definition) is 5. The van der Waals surface area contributed by atoms with Gasteiger partial charge in [0.2, 0.25) is 0 Å². The van der Waals surface area contributed by atoms with Crippen LogP contribution in [-0.4, -0.2) is 68.4 Å². The fourth-order valence-electron chi connectivity index (χ4n) is 3.07. The molecule has 0 unspecified atom stereocenters. The number of thioether (sulfide) groups is 1. The first-order valence-electron chi connectivity index (χ1n) is 9.12. The Morgan fingerprint density at radius 3 is 2.41 bits per heavy atom. The third-order valence-electron chi connectivity index (χ3n) is 4.71. The standard InChI is InChI=1S/C21H26N2O3S/c1-25-18-4-3-5-19(16-18)26-15-14-22-10-12-23(13-11-22)21(24)17-6-8-20(27-2)9-7-17/h3-9,16H,10-15H2,1-2H3. The van der Waals surface area contributed by atoms with Gasteiger partial charge in [0.05, 0.1) is 7.11 Å². The van der Waals surface area contributed by atoms with Gasteiger partial charge in [-0.1, -0.05) is 6.07 Å². The van der Waals surface area contributed by atoms with E-state index in [0.29, 0.717) is 6.61 Å². The second kappa shape index (κ2) is 9.67. The van der Waals surface area contributed by atoms with Crippen LogP contribution in [0.3, 0.4) is 0 Å². The topological polar surface area (TPSA) is 42.0 Å². The molecule has 27 heavy (non-hydrogen) atoms. The monoisotopic (exact) mass is 386 g/mol. The van der Waals surface area contributed by atoms with Crippen molar-refractivity contribution in [3.63, 3.8) is 0 Å². The second-order valence-electron chi connectivity index (χ2n) is 6.39. The molecule has 1 aliphatic rings. The van der Waals surface area contributed by atoms with Crippen LogP contribution in [0.4, 0.5) is 0 Å². The van der Waals surface area contributed by atoms with Crippen LogP contribution in [0.5, 0.6) is 11.5 Å². The van der Waals surface area contributed by atoms with Gasteiger partial charge in [-0.2, -0.15) is 0 Å². The summed E-state index contributed by atoms with van der Waals surface area (Å²) in [5.74, 6) is 1.73. The number of rotatable bonds is 7. The van der Waals surface area contributed by atoms with Crippen LogP contribution < -0.4 is 9.47 Å². The lowest BCUT2D eigenvalue weighted by molar-refractivity contribution is 0.0620. The molecule has 1 fully saturated rings. The van der Waals surface area contributed by atoms with Crippen molar-refractivity contribution in [3.05, 3.63) is 54.1 Å². The van der Waals surface area contributed by atoms with Crippen LogP contribution in [0, 0.1) is 0 Å². The first-order chi connectivity index (χ1) is 13.2. The summed E-state index contributed by atoms with van der Waals surface area (Å²) in [5.41, 5.74) is 0.766. The molecule has 0 radical (unpaired) electrons. The van der Waals surface area contributed by atoms with E-state index in [4.69, 9.17) is 9.47 Å². The summed E-state index contributed by atoms with van der Waals surface area (Å²) in [6, 6.07) is 15.5.